The summed E-state index contributed by atoms with van der Waals surface area (Å²) in [7, 11) is 0. The average Bonchev–Trinajstić information content (AvgIpc) is 2.57. The fourth-order valence-electron chi connectivity index (χ4n) is 2.39. The molecular weight excluding hydrogens is 344 g/mol. The predicted molar refractivity (Wildman–Crippen MR) is 90.0 cm³/mol. The third-order valence-electron chi connectivity index (χ3n) is 3.63. The Hall–Kier alpha value is -3.94. The maximum absolute atomic E-state index is 10.4. The standard InChI is InChI=1S/C18H14O8/c19-8-4-10(9-6-14(23)15(24)7-13(9)22)17(25)16(5-8)26-18-11(20)2-1-3-12(18)21/h1-7,19-25H. The molecule has 0 unspecified atom stereocenters. The summed E-state index contributed by atoms with van der Waals surface area (Å²) in [6.07, 6.45) is 0. The summed E-state index contributed by atoms with van der Waals surface area (Å²) in [6.45, 7) is 0. The molecule has 3 aromatic carbocycles. The molecule has 0 aliphatic heterocycles. The molecule has 0 bridgehead atoms. The summed E-state index contributed by atoms with van der Waals surface area (Å²) in [5.41, 5.74) is -0.220. The second-order valence-electron chi connectivity index (χ2n) is 5.43. The lowest BCUT2D eigenvalue weighted by Gasteiger charge is -2.15. The van der Waals surface area contributed by atoms with E-state index in [0.29, 0.717) is 0 Å². The molecule has 0 amide bonds. The molecule has 0 radical (unpaired) electrons. The normalized spacial score (nSPS) is 10.6. The van der Waals surface area contributed by atoms with E-state index in [4.69, 9.17) is 4.74 Å². The van der Waals surface area contributed by atoms with Crippen molar-refractivity contribution in [3.8, 4) is 62.9 Å². The van der Waals surface area contributed by atoms with E-state index in [-0.39, 0.29) is 28.4 Å². The maximum atomic E-state index is 10.4. The summed E-state index contributed by atoms with van der Waals surface area (Å²) < 4.78 is 5.30. The number of aromatic hydroxyl groups is 7. The Balaban J connectivity index is 2.15. The van der Waals surface area contributed by atoms with Gasteiger partial charge in [0, 0.05) is 23.3 Å². The third kappa shape index (κ3) is 2.91. The number of hydrogen-bond donors (Lipinski definition) is 7. The van der Waals surface area contributed by atoms with Crippen LogP contribution in [0.15, 0.2) is 42.5 Å². The first-order valence-corrected chi connectivity index (χ1v) is 7.28. The molecule has 8 heteroatoms. The first kappa shape index (κ1) is 16.9. The Bertz CT molecular complexity index is 977. The van der Waals surface area contributed by atoms with E-state index in [2.05, 4.69) is 0 Å². The number of benzene rings is 3. The zero-order chi connectivity index (χ0) is 19.0. The smallest absolute Gasteiger partial charge is 0.210 e. The van der Waals surface area contributed by atoms with Gasteiger partial charge in [0.05, 0.1) is 0 Å². The lowest BCUT2D eigenvalue weighted by Crippen LogP contribution is -1.89. The molecule has 0 aromatic heterocycles. The van der Waals surface area contributed by atoms with Gasteiger partial charge in [0.25, 0.3) is 0 Å². The minimum absolute atomic E-state index is 0.0972. The minimum atomic E-state index is -0.568. The molecule has 0 fully saturated rings. The lowest BCUT2D eigenvalue weighted by atomic mass is 10.0. The highest BCUT2D eigenvalue weighted by molar-refractivity contribution is 5.81. The molecule has 0 spiro atoms. The van der Waals surface area contributed by atoms with Crippen molar-refractivity contribution in [2.45, 2.75) is 0 Å². The highest BCUT2D eigenvalue weighted by Crippen LogP contribution is 2.49. The van der Waals surface area contributed by atoms with Crippen molar-refractivity contribution in [3.05, 3.63) is 42.5 Å². The predicted octanol–water partition coefficient (Wildman–Crippen LogP) is 3.09. The van der Waals surface area contributed by atoms with Gasteiger partial charge in [-0.25, -0.2) is 0 Å². The van der Waals surface area contributed by atoms with Crippen LogP contribution in [0, 0.1) is 0 Å². The molecule has 0 aliphatic carbocycles. The fourth-order valence-corrected chi connectivity index (χ4v) is 2.39. The summed E-state index contributed by atoms with van der Waals surface area (Å²) in [5.74, 6) is -4.00. The van der Waals surface area contributed by atoms with Crippen LogP contribution in [0.1, 0.15) is 0 Å². The molecule has 26 heavy (non-hydrogen) atoms. The quantitative estimate of drug-likeness (QED) is 0.279. The summed E-state index contributed by atoms with van der Waals surface area (Å²) in [4.78, 5) is 0. The van der Waals surface area contributed by atoms with Crippen molar-refractivity contribution in [1.82, 2.24) is 0 Å². The second kappa shape index (κ2) is 6.17. The van der Waals surface area contributed by atoms with Gasteiger partial charge in [-0.1, -0.05) is 6.07 Å². The van der Waals surface area contributed by atoms with E-state index in [0.717, 1.165) is 24.3 Å². The summed E-state index contributed by atoms with van der Waals surface area (Å²) >= 11 is 0. The highest BCUT2D eigenvalue weighted by Gasteiger charge is 2.20. The van der Waals surface area contributed by atoms with Gasteiger partial charge in [-0.15, -0.1) is 0 Å². The molecule has 0 aliphatic rings. The fraction of sp³-hybridized carbons (Fsp3) is 0. The van der Waals surface area contributed by atoms with Crippen molar-refractivity contribution in [1.29, 1.82) is 0 Å². The first-order chi connectivity index (χ1) is 12.3. The van der Waals surface area contributed by atoms with Crippen molar-refractivity contribution >= 4 is 0 Å². The SMILES string of the molecule is Oc1cc(Oc2c(O)cccc2O)c(O)c(-c2cc(O)c(O)cc2O)c1. The van der Waals surface area contributed by atoms with Gasteiger partial charge in [0.2, 0.25) is 5.75 Å². The van der Waals surface area contributed by atoms with Gasteiger partial charge >= 0.3 is 0 Å². The zero-order valence-electron chi connectivity index (χ0n) is 13.1. The van der Waals surface area contributed by atoms with Crippen molar-refractivity contribution < 1.29 is 40.5 Å². The number of phenolic OH excluding ortho intramolecular Hbond substituents is 7. The Morgan fingerprint density at radius 2 is 1.19 bits per heavy atom. The van der Waals surface area contributed by atoms with Crippen molar-refractivity contribution in [2.75, 3.05) is 0 Å². The van der Waals surface area contributed by atoms with E-state index >= 15 is 0 Å². The van der Waals surface area contributed by atoms with E-state index in [1.54, 1.807) is 0 Å². The largest absolute Gasteiger partial charge is 0.508 e. The van der Waals surface area contributed by atoms with Crippen LogP contribution in [-0.2, 0) is 0 Å². The van der Waals surface area contributed by atoms with E-state index in [1.165, 1.54) is 18.2 Å². The summed E-state index contributed by atoms with van der Waals surface area (Å²) in [5, 5.41) is 68.9. The van der Waals surface area contributed by atoms with Gasteiger partial charge in [-0.2, -0.15) is 0 Å². The van der Waals surface area contributed by atoms with Crippen molar-refractivity contribution in [2.24, 2.45) is 0 Å². The van der Waals surface area contributed by atoms with Gasteiger partial charge in [-0.05, 0) is 24.3 Å². The van der Waals surface area contributed by atoms with Crippen LogP contribution in [0.5, 0.6) is 51.7 Å². The number of ether oxygens (including phenoxy) is 1. The second-order valence-corrected chi connectivity index (χ2v) is 5.43. The average molecular weight is 358 g/mol. The monoisotopic (exact) mass is 358 g/mol. The molecule has 8 nitrogen and oxygen atoms in total. The molecule has 0 saturated heterocycles. The van der Waals surface area contributed by atoms with Crippen LogP contribution in [-0.4, -0.2) is 35.7 Å². The molecule has 7 N–H and O–H groups in total. The van der Waals surface area contributed by atoms with Crippen LogP contribution in [0.3, 0.4) is 0 Å². The molecule has 0 heterocycles. The highest BCUT2D eigenvalue weighted by atomic mass is 16.5. The lowest BCUT2D eigenvalue weighted by molar-refractivity contribution is 0.358. The molecule has 3 rings (SSSR count). The van der Waals surface area contributed by atoms with Gasteiger partial charge in [0.1, 0.15) is 11.5 Å². The van der Waals surface area contributed by atoms with Gasteiger partial charge in [-0.3, -0.25) is 0 Å². The Morgan fingerprint density at radius 1 is 0.577 bits per heavy atom. The number of para-hydroxylation sites is 1. The Labute approximate surface area is 146 Å². The Morgan fingerprint density at radius 3 is 1.85 bits per heavy atom. The third-order valence-corrected chi connectivity index (χ3v) is 3.63. The molecule has 0 atom stereocenters. The Kier molecular flexibility index (Phi) is 4.01. The van der Waals surface area contributed by atoms with Crippen LogP contribution < -0.4 is 4.74 Å². The van der Waals surface area contributed by atoms with E-state index < -0.39 is 34.5 Å². The topological polar surface area (TPSA) is 151 Å². The first-order valence-electron chi connectivity index (χ1n) is 7.28. The van der Waals surface area contributed by atoms with Gasteiger partial charge in [0.15, 0.2) is 34.5 Å². The summed E-state index contributed by atoms with van der Waals surface area (Å²) in [6, 6.07) is 7.85. The van der Waals surface area contributed by atoms with Crippen LogP contribution in [0.25, 0.3) is 11.1 Å². The van der Waals surface area contributed by atoms with E-state index in [9.17, 15) is 35.7 Å². The van der Waals surface area contributed by atoms with Crippen LogP contribution in [0.2, 0.25) is 0 Å². The number of phenols is 7. The van der Waals surface area contributed by atoms with Crippen LogP contribution >= 0.6 is 0 Å². The molecule has 3 aromatic rings. The molecular formula is C18H14O8. The minimum Gasteiger partial charge on any atom is -0.508 e. The van der Waals surface area contributed by atoms with Crippen LogP contribution in [0.4, 0.5) is 0 Å². The maximum Gasteiger partial charge on any atom is 0.210 e. The van der Waals surface area contributed by atoms with E-state index in [1.807, 2.05) is 0 Å². The number of rotatable bonds is 3. The number of hydrogen-bond acceptors (Lipinski definition) is 8. The molecule has 0 saturated carbocycles. The molecule has 134 valence electrons. The van der Waals surface area contributed by atoms with Crippen molar-refractivity contribution in [3.63, 3.8) is 0 Å². The zero-order valence-corrected chi connectivity index (χ0v) is 13.1. The van der Waals surface area contributed by atoms with Gasteiger partial charge < -0.3 is 40.5 Å².